The third-order valence-electron chi connectivity index (χ3n) is 2.87. The van der Waals surface area contributed by atoms with E-state index in [9.17, 15) is 9.18 Å². The number of rotatable bonds is 3. The number of halogens is 2. The van der Waals surface area contributed by atoms with Gasteiger partial charge in [0.25, 0.3) is 0 Å². The van der Waals surface area contributed by atoms with Crippen molar-refractivity contribution in [2.45, 2.75) is 19.9 Å². The summed E-state index contributed by atoms with van der Waals surface area (Å²) in [6.07, 6.45) is 0. The van der Waals surface area contributed by atoms with Gasteiger partial charge in [0.1, 0.15) is 11.5 Å². The second-order valence-corrected chi connectivity index (χ2v) is 4.91. The Morgan fingerprint density at radius 1 is 1.32 bits per heavy atom. The number of carboxylic acids is 1. The molecule has 100 valence electrons. The van der Waals surface area contributed by atoms with Crippen LogP contribution in [0.5, 0.6) is 0 Å². The van der Waals surface area contributed by atoms with E-state index >= 15 is 0 Å². The van der Waals surface area contributed by atoms with E-state index in [1.807, 2.05) is 13.8 Å². The van der Waals surface area contributed by atoms with E-state index in [-0.39, 0.29) is 16.8 Å². The number of carbonyl (C=O) groups is 1. The highest BCUT2D eigenvalue weighted by Gasteiger charge is 2.17. The van der Waals surface area contributed by atoms with Gasteiger partial charge in [-0.05, 0) is 49.7 Å². The molecule has 0 fully saturated rings. The quantitative estimate of drug-likeness (QED) is 0.915. The summed E-state index contributed by atoms with van der Waals surface area (Å²) in [4.78, 5) is 11.2. The Hall–Kier alpha value is -1.81. The maximum Gasteiger partial charge on any atom is 0.352 e. The van der Waals surface area contributed by atoms with Gasteiger partial charge in [-0.1, -0.05) is 11.6 Å². The Morgan fingerprint density at radius 3 is 2.53 bits per heavy atom. The normalized spacial score (nSPS) is 11.0. The number of benzene rings is 1. The van der Waals surface area contributed by atoms with Gasteiger partial charge in [0.15, 0.2) is 0 Å². The van der Waals surface area contributed by atoms with E-state index in [0.29, 0.717) is 11.3 Å². The van der Waals surface area contributed by atoms with Gasteiger partial charge in [0.2, 0.25) is 0 Å². The fourth-order valence-corrected chi connectivity index (χ4v) is 2.25. The van der Waals surface area contributed by atoms with Gasteiger partial charge < -0.3 is 9.67 Å². The van der Waals surface area contributed by atoms with Crippen molar-refractivity contribution in [3.05, 3.63) is 46.9 Å². The topological polar surface area (TPSA) is 42.2 Å². The molecule has 3 nitrogen and oxygen atoms in total. The van der Waals surface area contributed by atoms with Crippen LogP contribution in [0.4, 0.5) is 4.39 Å². The average molecular weight is 282 g/mol. The lowest BCUT2D eigenvalue weighted by Crippen LogP contribution is -2.11. The maximum absolute atomic E-state index is 13.2. The molecular formula is C14H13ClFNO2. The van der Waals surface area contributed by atoms with Crippen LogP contribution in [0.2, 0.25) is 5.02 Å². The van der Waals surface area contributed by atoms with Crippen molar-refractivity contribution in [2.75, 3.05) is 0 Å². The highest BCUT2D eigenvalue weighted by molar-refractivity contribution is 6.31. The summed E-state index contributed by atoms with van der Waals surface area (Å²) in [5.74, 6) is -1.49. The average Bonchev–Trinajstić information content (AvgIpc) is 2.77. The van der Waals surface area contributed by atoms with Gasteiger partial charge in [-0.15, -0.1) is 0 Å². The molecule has 0 unspecified atom stereocenters. The van der Waals surface area contributed by atoms with E-state index in [4.69, 9.17) is 16.7 Å². The summed E-state index contributed by atoms with van der Waals surface area (Å²) in [6, 6.07) is 7.56. The lowest BCUT2D eigenvalue weighted by Gasteiger charge is -2.15. The molecule has 0 bridgehead atoms. The van der Waals surface area contributed by atoms with E-state index in [2.05, 4.69) is 0 Å². The van der Waals surface area contributed by atoms with Crippen LogP contribution in [0.25, 0.3) is 11.3 Å². The molecular weight excluding hydrogens is 269 g/mol. The minimum Gasteiger partial charge on any atom is -0.477 e. The zero-order valence-electron chi connectivity index (χ0n) is 10.5. The second kappa shape index (κ2) is 5.05. The highest BCUT2D eigenvalue weighted by atomic mass is 35.5. The highest BCUT2D eigenvalue weighted by Crippen LogP contribution is 2.29. The largest absolute Gasteiger partial charge is 0.477 e. The molecule has 1 heterocycles. The van der Waals surface area contributed by atoms with Gasteiger partial charge in [-0.2, -0.15) is 0 Å². The van der Waals surface area contributed by atoms with E-state index in [1.165, 1.54) is 18.2 Å². The lowest BCUT2D eigenvalue weighted by atomic mass is 10.1. The molecule has 0 saturated heterocycles. The Balaban J connectivity index is 2.62. The molecule has 1 aromatic carbocycles. The van der Waals surface area contributed by atoms with Gasteiger partial charge in [-0.25, -0.2) is 9.18 Å². The summed E-state index contributed by atoms with van der Waals surface area (Å²) < 4.78 is 14.9. The van der Waals surface area contributed by atoms with Crippen LogP contribution in [0.3, 0.4) is 0 Å². The Morgan fingerprint density at radius 2 is 2.00 bits per heavy atom. The lowest BCUT2D eigenvalue weighted by molar-refractivity contribution is 0.0683. The van der Waals surface area contributed by atoms with E-state index in [1.54, 1.807) is 16.7 Å². The fourth-order valence-electron chi connectivity index (χ4n) is 2.07. The van der Waals surface area contributed by atoms with Crippen LogP contribution in [0.1, 0.15) is 30.4 Å². The van der Waals surface area contributed by atoms with Crippen LogP contribution in [-0.4, -0.2) is 15.6 Å². The van der Waals surface area contributed by atoms with Crippen molar-refractivity contribution < 1.29 is 14.3 Å². The molecule has 0 atom stereocenters. The van der Waals surface area contributed by atoms with Crippen molar-refractivity contribution in [2.24, 2.45) is 0 Å². The molecule has 19 heavy (non-hydrogen) atoms. The van der Waals surface area contributed by atoms with Gasteiger partial charge in [0.05, 0.1) is 5.02 Å². The van der Waals surface area contributed by atoms with E-state index < -0.39 is 11.8 Å². The number of hydrogen-bond donors (Lipinski definition) is 1. The molecule has 0 amide bonds. The first-order valence-electron chi connectivity index (χ1n) is 5.81. The summed E-state index contributed by atoms with van der Waals surface area (Å²) in [5, 5.41) is 9.19. The number of aromatic nitrogens is 1. The Bertz CT molecular complexity index is 634. The smallest absolute Gasteiger partial charge is 0.352 e. The number of nitrogens with zero attached hydrogens (tertiary/aromatic N) is 1. The SMILES string of the molecule is CC(C)n1c(C(=O)O)ccc1-c1ccc(F)c(Cl)c1. The third-order valence-corrected chi connectivity index (χ3v) is 3.16. The number of carboxylic acid groups (broad SMARTS) is 1. The zero-order chi connectivity index (χ0) is 14.2. The molecule has 0 spiro atoms. The molecule has 1 aromatic heterocycles. The zero-order valence-corrected chi connectivity index (χ0v) is 11.3. The minimum atomic E-state index is -0.992. The van der Waals surface area contributed by atoms with Crippen molar-refractivity contribution in [1.82, 2.24) is 4.57 Å². The number of hydrogen-bond acceptors (Lipinski definition) is 1. The van der Waals surface area contributed by atoms with E-state index in [0.717, 1.165) is 0 Å². The molecule has 2 rings (SSSR count). The van der Waals surface area contributed by atoms with Crippen molar-refractivity contribution in [1.29, 1.82) is 0 Å². The van der Waals surface area contributed by atoms with Crippen LogP contribution in [-0.2, 0) is 0 Å². The summed E-state index contributed by atoms with van der Waals surface area (Å²) in [7, 11) is 0. The molecule has 0 radical (unpaired) electrons. The fraction of sp³-hybridized carbons (Fsp3) is 0.214. The Labute approximate surface area is 115 Å². The van der Waals surface area contributed by atoms with Crippen LogP contribution < -0.4 is 0 Å². The van der Waals surface area contributed by atoms with Crippen molar-refractivity contribution in [3.63, 3.8) is 0 Å². The van der Waals surface area contributed by atoms with Gasteiger partial charge >= 0.3 is 5.97 Å². The second-order valence-electron chi connectivity index (χ2n) is 4.50. The predicted octanol–water partition coefficient (Wildman–Crippen LogP) is 4.23. The first-order valence-corrected chi connectivity index (χ1v) is 6.19. The minimum absolute atomic E-state index is 0.0193. The molecule has 0 aliphatic carbocycles. The standard InChI is InChI=1S/C14H13ClFNO2/c1-8(2)17-12(5-6-13(17)14(18)19)9-3-4-11(16)10(15)7-9/h3-8H,1-2H3,(H,18,19). The first kappa shape index (κ1) is 13.6. The summed E-state index contributed by atoms with van der Waals surface area (Å²) in [6.45, 7) is 3.78. The molecule has 0 aliphatic heterocycles. The van der Waals surface area contributed by atoms with Gasteiger partial charge in [-0.3, -0.25) is 0 Å². The molecule has 1 N–H and O–H groups in total. The first-order chi connectivity index (χ1) is 8.91. The molecule has 0 aliphatic rings. The third kappa shape index (κ3) is 2.49. The van der Waals surface area contributed by atoms with Gasteiger partial charge in [0, 0.05) is 11.7 Å². The van der Waals surface area contributed by atoms with Crippen molar-refractivity contribution >= 4 is 17.6 Å². The molecule has 5 heteroatoms. The monoisotopic (exact) mass is 281 g/mol. The van der Waals surface area contributed by atoms with Crippen LogP contribution >= 0.6 is 11.6 Å². The summed E-state index contributed by atoms with van der Waals surface area (Å²) in [5.41, 5.74) is 1.59. The predicted molar refractivity (Wildman–Crippen MR) is 72.2 cm³/mol. The number of aromatic carboxylic acids is 1. The maximum atomic E-state index is 13.2. The Kier molecular flexibility index (Phi) is 3.62. The van der Waals surface area contributed by atoms with Crippen LogP contribution in [0.15, 0.2) is 30.3 Å². The summed E-state index contributed by atoms with van der Waals surface area (Å²) >= 11 is 5.76. The van der Waals surface area contributed by atoms with Crippen LogP contribution in [0, 0.1) is 5.82 Å². The molecule has 2 aromatic rings. The molecule has 0 saturated carbocycles. The van der Waals surface area contributed by atoms with Crippen molar-refractivity contribution in [3.8, 4) is 11.3 Å².